The van der Waals surface area contributed by atoms with Crippen molar-refractivity contribution in [2.45, 2.75) is 90.4 Å². The second-order valence-corrected chi connectivity index (χ2v) is 5.29. The van der Waals surface area contributed by atoms with Crippen molar-refractivity contribution in [2.75, 3.05) is 6.61 Å². The summed E-state index contributed by atoms with van der Waals surface area (Å²) in [7, 11) is 0. The largest absolute Gasteiger partial charge is 1.00 e. The molecular formula is C17H33KO. The molecule has 0 rings (SSSR count). The van der Waals surface area contributed by atoms with Crippen molar-refractivity contribution in [1.29, 1.82) is 0 Å². The van der Waals surface area contributed by atoms with Gasteiger partial charge in [0.2, 0.25) is 0 Å². The van der Waals surface area contributed by atoms with Gasteiger partial charge in [0.15, 0.2) is 0 Å². The maximum atomic E-state index is 10.2. The summed E-state index contributed by atoms with van der Waals surface area (Å²) in [5, 5.41) is 10.2. The molecule has 19 heavy (non-hydrogen) atoms. The Balaban J connectivity index is 0. The fourth-order valence-corrected chi connectivity index (χ4v) is 2.17. The van der Waals surface area contributed by atoms with Gasteiger partial charge in [0.1, 0.15) is 0 Å². The van der Waals surface area contributed by atoms with Crippen LogP contribution in [-0.4, -0.2) is 6.61 Å². The third kappa shape index (κ3) is 21.8. The van der Waals surface area contributed by atoms with Gasteiger partial charge in [-0.15, -0.1) is 6.61 Å². The van der Waals surface area contributed by atoms with Gasteiger partial charge >= 0.3 is 51.4 Å². The first-order valence-corrected chi connectivity index (χ1v) is 8.15. The minimum absolute atomic E-state index is 0. The molecule has 0 bridgehead atoms. The van der Waals surface area contributed by atoms with Gasteiger partial charge in [-0.3, -0.25) is 0 Å². The van der Waals surface area contributed by atoms with Crippen LogP contribution >= 0.6 is 0 Å². The van der Waals surface area contributed by atoms with Crippen molar-refractivity contribution in [3.05, 3.63) is 12.2 Å². The van der Waals surface area contributed by atoms with Crippen molar-refractivity contribution in [3.63, 3.8) is 0 Å². The third-order valence-corrected chi connectivity index (χ3v) is 3.41. The quantitative estimate of drug-likeness (QED) is 0.273. The van der Waals surface area contributed by atoms with Gasteiger partial charge in [0, 0.05) is 0 Å². The molecule has 0 heterocycles. The first-order chi connectivity index (χ1) is 8.91. The summed E-state index contributed by atoms with van der Waals surface area (Å²) in [6.07, 6.45) is 21.4. The van der Waals surface area contributed by atoms with Crippen LogP contribution in [0.15, 0.2) is 12.2 Å². The summed E-state index contributed by atoms with van der Waals surface area (Å²) in [6.45, 7) is 2.38. The molecular weight excluding hydrogens is 259 g/mol. The summed E-state index contributed by atoms with van der Waals surface area (Å²) in [5.74, 6) is 0. The van der Waals surface area contributed by atoms with E-state index in [1.165, 1.54) is 70.6 Å². The Labute approximate surface area is 164 Å². The molecule has 0 aliphatic carbocycles. The molecule has 0 atom stereocenters. The molecule has 0 N–H and O–H groups in total. The van der Waals surface area contributed by atoms with E-state index < -0.39 is 0 Å². The molecule has 0 saturated heterocycles. The Morgan fingerprint density at radius 2 is 1.05 bits per heavy atom. The molecule has 0 amide bonds. The average molecular weight is 293 g/mol. The summed E-state index contributed by atoms with van der Waals surface area (Å²) in [6, 6.07) is 0. The Bertz CT molecular complexity index is 151. The molecule has 0 aromatic heterocycles. The minimum Gasteiger partial charge on any atom is -0.854 e. The topological polar surface area (TPSA) is 23.1 Å². The molecule has 0 saturated carbocycles. The molecule has 108 valence electrons. The zero-order chi connectivity index (χ0) is 13.3. The van der Waals surface area contributed by atoms with Crippen LogP contribution in [0.3, 0.4) is 0 Å². The molecule has 0 aromatic carbocycles. The molecule has 2 heteroatoms. The maximum absolute atomic E-state index is 10.2. The number of hydrogen-bond donors (Lipinski definition) is 0. The second-order valence-electron chi connectivity index (χ2n) is 5.29. The van der Waals surface area contributed by atoms with Gasteiger partial charge < -0.3 is 5.11 Å². The van der Waals surface area contributed by atoms with E-state index in [1.54, 1.807) is 0 Å². The summed E-state index contributed by atoms with van der Waals surface area (Å²) in [5.41, 5.74) is 0. The smallest absolute Gasteiger partial charge is 0.854 e. The van der Waals surface area contributed by atoms with Gasteiger partial charge in [-0.2, -0.15) is 0 Å². The van der Waals surface area contributed by atoms with Gasteiger partial charge in [-0.25, -0.2) is 0 Å². The number of unbranched alkanes of at least 4 members (excludes halogenated alkanes) is 11. The van der Waals surface area contributed by atoms with Crippen molar-refractivity contribution in [2.24, 2.45) is 0 Å². The van der Waals surface area contributed by atoms with E-state index in [4.69, 9.17) is 0 Å². The van der Waals surface area contributed by atoms with Crippen molar-refractivity contribution in [3.8, 4) is 0 Å². The van der Waals surface area contributed by atoms with Crippen LogP contribution in [0.2, 0.25) is 0 Å². The molecule has 0 aromatic rings. The van der Waals surface area contributed by atoms with Crippen LogP contribution in [0.4, 0.5) is 0 Å². The predicted molar refractivity (Wildman–Crippen MR) is 79.7 cm³/mol. The normalized spacial score (nSPS) is 10.8. The van der Waals surface area contributed by atoms with Crippen molar-refractivity contribution in [1.82, 2.24) is 0 Å². The molecule has 0 fully saturated rings. The molecule has 0 unspecified atom stereocenters. The van der Waals surface area contributed by atoms with Crippen LogP contribution < -0.4 is 56.5 Å². The van der Waals surface area contributed by atoms with Gasteiger partial charge in [-0.05, 0) is 25.7 Å². The van der Waals surface area contributed by atoms with Crippen LogP contribution in [-0.2, 0) is 0 Å². The second kappa shape index (κ2) is 21.6. The fraction of sp³-hybridized carbons (Fsp3) is 0.882. The van der Waals surface area contributed by atoms with E-state index in [0.29, 0.717) is 0 Å². The molecule has 0 radical (unpaired) electrons. The Kier molecular flexibility index (Phi) is 25.7. The van der Waals surface area contributed by atoms with E-state index in [9.17, 15) is 5.11 Å². The standard InChI is InChI=1S/C17H33O.K/c1-2-3-4-5-6-7-8-9-10-11-12-13-14-15-16-17-18;/h9-10H,2-8,11-17H2,1H3;/q-1;+1/b10-9-;. The zero-order valence-electron chi connectivity index (χ0n) is 13.5. The van der Waals surface area contributed by atoms with Crippen molar-refractivity contribution < 1.29 is 56.5 Å². The molecule has 0 aliphatic rings. The fourth-order valence-electron chi connectivity index (χ4n) is 2.17. The van der Waals surface area contributed by atoms with Gasteiger partial charge in [0.05, 0.1) is 0 Å². The maximum Gasteiger partial charge on any atom is 1.00 e. The van der Waals surface area contributed by atoms with E-state index in [1.807, 2.05) is 0 Å². The summed E-state index contributed by atoms with van der Waals surface area (Å²) < 4.78 is 0. The van der Waals surface area contributed by atoms with E-state index in [2.05, 4.69) is 19.1 Å². The van der Waals surface area contributed by atoms with Gasteiger partial charge in [0.25, 0.3) is 0 Å². The Morgan fingerprint density at radius 3 is 1.53 bits per heavy atom. The van der Waals surface area contributed by atoms with E-state index >= 15 is 0 Å². The Hall–Kier alpha value is 1.34. The van der Waals surface area contributed by atoms with Crippen LogP contribution in [0.1, 0.15) is 90.4 Å². The number of hydrogen-bond acceptors (Lipinski definition) is 1. The average Bonchev–Trinajstić information content (AvgIpc) is 2.39. The summed E-state index contributed by atoms with van der Waals surface area (Å²) >= 11 is 0. The summed E-state index contributed by atoms with van der Waals surface area (Å²) in [4.78, 5) is 0. The number of allylic oxidation sites excluding steroid dienone is 2. The Morgan fingerprint density at radius 1 is 0.632 bits per heavy atom. The van der Waals surface area contributed by atoms with Gasteiger partial charge in [-0.1, -0.05) is 76.9 Å². The predicted octanol–water partition coefficient (Wildman–Crippen LogP) is 2.00. The van der Waals surface area contributed by atoms with Crippen molar-refractivity contribution >= 4 is 0 Å². The number of rotatable bonds is 14. The van der Waals surface area contributed by atoms with E-state index in [0.717, 1.165) is 12.8 Å². The molecule has 0 aliphatic heterocycles. The molecule has 0 spiro atoms. The van der Waals surface area contributed by atoms with E-state index in [-0.39, 0.29) is 58.0 Å². The van der Waals surface area contributed by atoms with Crippen LogP contribution in [0.25, 0.3) is 0 Å². The van der Waals surface area contributed by atoms with Crippen LogP contribution in [0, 0.1) is 0 Å². The van der Waals surface area contributed by atoms with Crippen LogP contribution in [0.5, 0.6) is 0 Å². The monoisotopic (exact) mass is 292 g/mol. The zero-order valence-corrected chi connectivity index (χ0v) is 16.6. The first-order valence-electron chi connectivity index (χ1n) is 8.15. The third-order valence-electron chi connectivity index (χ3n) is 3.41. The minimum atomic E-state index is 0. The SMILES string of the molecule is CCCCCCCC/C=C\CCCCCCC[O-].[K+]. The first kappa shape index (κ1) is 22.6. The molecule has 1 nitrogen and oxygen atoms in total.